The molecule has 0 spiro atoms. The Labute approximate surface area is 215 Å². The summed E-state index contributed by atoms with van der Waals surface area (Å²) < 4.78 is 16.4. The number of ether oxygens (including phenoxy) is 3. The number of hydrogen-bond acceptors (Lipinski definition) is 8. The van der Waals surface area contributed by atoms with Crippen molar-refractivity contribution in [3.05, 3.63) is 88.1 Å². The lowest BCUT2D eigenvalue weighted by Crippen LogP contribution is -2.38. The van der Waals surface area contributed by atoms with Crippen LogP contribution in [0.3, 0.4) is 0 Å². The second-order valence-corrected chi connectivity index (χ2v) is 9.05. The van der Waals surface area contributed by atoms with E-state index in [4.69, 9.17) is 19.2 Å². The zero-order chi connectivity index (χ0) is 25.5. The summed E-state index contributed by atoms with van der Waals surface area (Å²) in [6.45, 7) is 2.80. The second kappa shape index (κ2) is 11.9. The number of nitrogens with zero attached hydrogens (tertiary/aromatic N) is 2. The third-order valence-corrected chi connectivity index (χ3v) is 6.73. The predicted octanol–water partition coefficient (Wildman–Crippen LogP) is 4.17. The van der Waals surface area contributed by atoms with Gasteiger partial charge in [0.25, 0.3) is 0 Å². The van der Waals surface area contributed by atoms with Crippen molar-refractivity contribution < 1.29 is 23.8 Å². The van der Waals surface area contributed by atoms with E-state index in [-0.39, 0.29) is 18.9 Å². The van der Waals surface area contributed by atoms with Gasteiger partial charge in [0.2, 0.25) is 5.91 Å². The van der Waals surface area contributed by atoms with Crippen LogP contribution >= 0.6 is 11.8 Å². The zero-order valence-corrected chi connectivity index (χ0v) is 21.3. The topological polar surface area (TPSA) is 89.5 Å². The lowest BCUT2D eigenvalue weighted by Gasteiger charge is -2.36. The lowest BCUT2D eigenvalue weighted by atomic mass is 9.93. The summed E-state index contributed by atoms with van der Waals surface area (Å²) in [6.07, 6.45) is 0.132. The van der Waals surface area contributed by atoms with Gasteiger partial charge < -0.3 is 24.4 Å². The van der Waals surface area contributed by atoms with Gasteiger partial charge in [-0.05, 0) is 24.0 Å². The highest BCUT2D eigenvalue weighted by atomic mass is 32.2. The van der Waals surface area contributed by atoms with E-state index in [2.05, 4.69) is 5.32 Å². The van der Waals surface area contributed by atoms with E-state index < -0.39 is 12.0 Å². The average molecular weight is 508 g/mol. The molecule has 1 N–H and O–H groups in total. The van der Waals surface area contributed by atoms with Crippen LogP contribution in [-0.4, -0.2) is 49.3 Å². The Bertz CT molecular complexity index is 1210. The molecule has 0 saturated heterocycles. The van der Waals surface area contributed by atoms with Crippen molar-refractivity contribution in [2.45, 2.75) is 26.0 Å². The molecule has 1 atom stereocenters. The first kappa shape index (κ1) is 25.5. The van der Waals surface area contributed by atoms with E-state index in [9.17, 15) is 9.59 Å². The molecular formula is C27H29N3O5S. The summed E-state index contributed by atoms with van der Waals surface area (Å²) in [4.78, 5) is 32.8. The zero-order valence-electron chi connectivity index (χ0n) is 20.5. The molecule has 188 valence electrons. The largest absolute Gasteiger partial charge is 0.496 e. The van der Waals surface area contributed by atoms with Crippen LogP contribution in [0.5, 0.6) is 5.75 Å². The third-order valence-electron chi connectivity index (χ3n) is 5.84. The Hall–Kier alpha value is -3.56. The van der Waals surface area contributed by atoms with Gasteiger partial charge in [-0.25, -0.2) is 9.79 Å². The fraction of sp³-hybridized carbons (Fsp3) is 0.296. The monoisotopic (exact) mass is 507 g/mol. The summed E-state index contributed by atoms with van der Waals surface area (Å²) in [7, 11) is 3.18. The molecule has 4 rings (SSSR count). The molecule has 2 heterocycles. The first-order valence-corrected chi connectivity index (χ1v) is 12.5. The summed E-state index contributed by atoms with van der Waals surface area (Å²) in [6, 6.07) is 16.5. The Morgan fingerprint density at radius 2 is 1.83 bits per heavy atom. The maximum Gasteiger partial charge on any atom is 0.338 e. The summed E-state index contributed by atoms with van der Waals surface area (Å²) in [5.41, 5.74) is 3.40. The van der Waals surface area contributed by atoms with Gasteiger partial charge in [0.05, 0.1) is 37.4 Å². The quantitative estimate of drug-likeness (QED) is 0.381. The molecule has 1 amide bonds. The minimum Gasteiger partial charge on any atom is -0.496 e. The lowest BCUT2D eigenvalue weighted by molar-refractivity contribution is -0.141. The van der Waals surface area contributed by atoms with Crippen LogP contribution in [0.2, 0.25) is 0 Å². The number of aliphatic imine (C=N–C) groups is 1. The molecule has 0 aromatic heterocycles. The molecule has 0 fully saturated rings. The molecule has 2 aromatic rings. The highest BCUT2D eigenvalue weighted by molar-refractivity contribution is 8.16. The maximum atomic E-state index is 13.5. The molecule has 0 aliphatic carbocycles. The van der Waals surface area contributed by atoms with E-state index in [1.807, 2.05) is 71.8 Å². The number of allylic oxidation sites excluding steroid dienone is 1. The van der Waals surface area contributed by atoms with E-state index in [1.165, 1.54) is 11.8 Å². The Balaban J connectivity index is 1.67. The number of rotatable bonds is 10. The van der Waals surface area contributed by atoms with Gasteiger partial charge in [0.15, 0.2) is 5.17 Å². The van der Waals surface area contributed by atoms with Crippen LogP contribution in [0.25, 0.3) is 0 Å². The number of benzene rings is 2. The highest BCUT2D eigenvalue weighted by Gasteiger charge is 2.42. The molecule has 0 bridgehead atoms. The van der Waals surface area contributed by atoms with Crippen molar-refractivity contribution in [3.63, 3.8) is 0 Å². The fourth-order valence-corrected chi connectivity index (χ4v) is 5.10. The number of nitrogens with one attached hydrogen (secondary N) is 1. The number of thioether (sulfide) groups is 1. The summed E-state index contributed by atoms with van der Waals surface area (Å²) in [5.74, 6) is 0.0277. The molecule has 9 heteroatoms. The van der Waals surface area contributed by atoms with Gasteiger partial charge >= 0.3 is 5.97 Å². The van der Waals surface area contributed by atoms with Crippen LogP contribution in [-0.2, 0) is 25.7 Å². The van der Waals surface area contributed by atoms with Crippen LogP contribution in [0.15, 0.2) is 82.0 Å². The summed E-state index contributed by atoms with van der Waals surface area (Å²) >= 11 is 1.43. The number of para-hydroxylation sites is 1. The third kappa shape index (κ3) is 5.63. The van der Waals surface area contributed by atoms with Crippen LogP contribution in [0, 0.1) is 0 Å². The van der Waals surface area contributed by atoms with E-state index in [0.29, 0.717) is 35.3 Å². The standard InChI is InChI=1S/C27H29N3O5S/c1-18-24(26(32)35-16-19-9-5-4-6-10-19)25(21-11-7-8-12-22(21)34-3)30-20(17-36-27(30)29-18)15-23(31)28-13-14-33-2/h4-12,17,25H,13-16H2,1-3H3,(H,28,31)/t25-/m1/s1. The highest BCUT2D eigenvalue weighted by Crippen LogP contribution is 2.46. The number of amidine groups is 1. The van der Waals surface area contributed by atoms with Crippen LogP contribution in [0.4, 0.5) is 0 Å². The molecule has 36 heavy (non-hydrogen) atoms. The number of hydrogen-bond donors (Lipinski definition) is 1. The van der Waals surface area contributed by atoms with E-state index >= 15 is 0 Å². The molecule has 2 aliphatic heterocycles. The van der Waals surface area contributed by atoms with Crippen molar-refractivity contribution in [3.8, 4) is 5.75 Å². The number of methoxy groups -OCH3 is 2. The van der Waals surface area contributed by atoms with Gasteiger partial charge in [-0.2, -0.15) is 0 Å². The Morgan fingerprint density at radius 3 is 2.58 bits per heavy atom. The Morgan fingerprint density at radius 1 is 1.08 bits per heavy atom. The van der Waals surface area contributed by atoms with Crippen molar-refractivity contribution in [1.29, 1.82) is 0 Å². The van der Waals surface area contributed by atoms with Crippen molar-refractivity contribution >= 4 is 28.8 Å². The number of fused-ring (bicyclic) bond motifs is 1. The van der Waals surface area contributed by atoms with Gasteiger partial charge in [0, 0.05) is 24.9 Å². The average Bonchev–Trinajstić information content (AvgIpc) is 3.28. The summed E-state index contributed by atoms with van der Waals surface area (Å²) in [5, 5.41) is 5.46. The van der Waals surface area contributed by atoms with E-state index in [0.717, 1.165) is 16.8 Å². The molecule has 8 nitrogen and oxygen atoms in total. The molecule has 0 saturated carbocycles. The molecule has 0 unspecified atom stereocenters. The number of esters is 1. The molecule has 2 aromatic carbocycles. The number of amides is 1. The Kier molecular flexibility index (Phi) is 8.45. The predicted molar refractivity (Wildman–Crippen MR) is 139 cm³/mol. The smallest absolute Gasteiger partial charge is 0.338 e. The van der Waals surface area contributed by atoms with Gasteiger partial charge in [-0.15, -0.1) is 0 Å². The van der Waals surface area contributed by atoms with Crippen molar-refractivity contribution in [2.75, 3.05) is 27.4 Å². The fourth-order valence-electron chi connectivity index (χ4n) is 4.14. The molecular weight excluding hydrogens is 478 g/mol. The molecule has 2 aliphatic rings. The first-order valence-electron chi connectivity index (χ1n) is 11.6. The van der Waals surface area contributed by atoms with Gasteiger partial charge in [-0.1, -0.05) is 60.3 Å². The number of carbonyl (C=O) groups excluding carboxylic acids is 2. The minimum atomic E-state index is -0.565. The van der Waals surface area contributed by atoms with E-state index in [1.54, 1.807) is 14.2 Å². The van der Waals surface area contributed by atoms with Crippen molar-refractivity contribution in [1.82, 2.24) is 10.2 Å². The van der Waals surface area contributed by atoms with Crippen LogP contribution < -0.4 is 10.1 Å². The molecule has 0 radical (unpaired) electrons. The normalized spacial score (nSPS) is 16.8. The van der Waals surface area contributed by atoms with Gasteiger partial charge in [0.1, 0.15) is 12.4 Å². The second-order valence-electron chi connectivity index (χ2n) is 8.22. The SMILES string of the molecule is COCCNC(=O)CC1=CSC2=NC(C)=C(C(=O)OCc3ccccc3)[C@@H](c3ccccc3OC)N12. The van der Waals surface area contributed by atoms with Crippen LogP contribution in [0.1, 0.15) is 30.5 Å². The number of carbonyl (C=O) groups is 2. The first-order chi connectivity index (χ1) is 17.5. The minimum absolute atomic E-state index is 0.132. The van der Waals surface area contributed by atoms with Gasteiger partial charge in [-0.3, -0.25) is 4.79 Å². The van der Waals surface area contributed by atoms with Crippen molar-refractivity contribution in [2.24, 2.45) is 4.99 Å². The maximum absolute atomic E-state index is 13.5.